The molecule has 0 aliphatic carbocycles. The smallest absolute Gasteiger partial charge is 0.340 e. The summed E-state index contributed by atoms with van der Waals surface area (Å²) in [6.07, 6.45) is 0. The van der Waals surface area contributed by atoms with E-state index in [4.69, 9.17) is 4.74 Å². The lowest BCUT2D eigenvalue weighted by atomic mass is 10.0. The van der Waals surface area contributed by atoms with Crippen LogP contribution in [0.15, 0.2) is 60.7 Å². The van der Waals surface area contributed by atoms with Crippen LogP contribution in [0.2, 0.25) is 0 Å². The number of ether oxygens (including phenoxy) is 1. The lowest BCUT2D eigenvalue weighted by Gasteiger charge is -2.11. The van der Waals surface area contributed by atoms with Gasteiger partial charge in [-0.25, -0.2) is 4.79 Å². The minimum atomic E-state index is -1.06. The summed E-state index contributed by atoms with van der Waals surface area (Å²) >= 11 is 0. The number of aromatic carboxylic acids is 1. The molecule has 0 aromatic heterocycles. The summed E-state index contributed by atoms with van der Waals surface area (Å²) in [4.78, 5) is 21.8. The third-order valence-corrected chi connectivity index (χ3v) is 3.65. The number of hydrogen-bond donors (Lipinski definition) is 1. The predicted molar refractivity (Wildman–Crippen MR) is 88.3 cm³/mol. The van der Waals surface area contributed by atoms with Gasteiger partial charge in [0.15, 0.2) is 0 Å². The van der Waals surface area contributed by atoms with Gasteiger partial charge in [0.25, 0.3) is 5.69 Å². The minimum absolute atomic E-state index is 0.00400. The predicted octanol–water partition coefficient (Wildman–Crippen LogP) is 4.03. The van der Waals surface area contributed by atoms with Gasteiger partial charge in [-0.2, -0.15) is 0 Å². The summed E-state index contributed by atoms with van der Waals surface area (Å²) in [6.45, 7) is 0.122. The maximum atomic E-state index is 11.6. The number of carbonyl (C=O) groups is 1. The average Bonchev–Trinajstić information content (AvgIpc) is 2.59. The van der Waals surface area contributed by atoms with Crippen molar-refractivity contribution in [1.82, 2.24) is 0 Å². The van der Waals surface area contributed by atoms with Crippen LogP contribution >= 0.6 is 0 Å². The van der Waals surface area contributed by atoms with E-state index >= 15 is 0 Å². The molecule has 0 unspecified atom stereocenters. The molecule has 0 amide bonds. The van der Waals surface area contributed by atoms with Crippen molar-refractivity contribution in [2.45, 2.75) is 6.61 Å². The number of non-ortho nitro benzene ring substituents is 1. The molecule has 0 spiro atoms. The first-order valence-corrected chi connectivity index (χ1v) is 7.17. The maximum absolute atomic E-state index is 11.6. The van der Waals surface area contributed by atoms with E-state index in [9.17, 15) is 20.0 Å². The highest BCUT2D eigenvalue weighted by molar-refractivity contribution is 6.06. The van der Waals surface area contributed by atoms with E-state index in [-0.39, 0.29) is 23.6 Å². The van der Waals surface area contributed by atoms with Crippen molar-refractivity contribution < 1.29 is 19.6 Å². The number of nitro groups is 1. The molecule has 0 aliphatic heterocycles. The van der Waals surface area contributed by atoms with Crippen LogP contribution in [0, 0.1) is 10.1 Å². The second-order valence-electron chi connectivity index (χ2n) is 5.18. The molecule has 6 nitrogen and oxygen atoms in total. The molecule has 6 heteroatoms. The van der Waals surface area contributed by atoms with Crippen molar-refractivity contribution >= 4 is 22.4 Å². The Hall–Kier alpha value is -3.41. The van der Waals surface area contributed by atoms with E-state index in [2.05, 4.69) is 0 Å². The fourth-order valence-electron chi connectivity index (χ4n) is 2.47. The molecular weight excluding hydrogens is 310 g/mol. The summed E-state index contributed by atoms with van der Waals surface area (Å²) in [7, 11) is 0. The molecule has 0 saturated heterocycles. The summed E-state index contributed by atoms with van der Waals surface area (Å²) in [5.41, 5.74) is 0.816. The van der Waals surface area contributed by atoms with Gasteiger partial charge in [0, 0.05) is 12.1 Å². The summed E-state index contributed by atoms with van der Waals surface area (Å²) in [6, 6.07) is 16.5. The van der Waals surface area contributed by atoms with Gasteiger partial charge in [0.2, 0.25) is 0 Å². The van der Waals surface area contributed by atoms with Crippen molar-refractivity contribution in [3.63, 3.8) is 0 Å². The number of benzene rings is 3. The SMILES string of the molecule is O=C(O)c1c(OCc2ccc([N+](=O)[O-])cc2)ccc2ccccc12. The zero-order valence-corrected chi connectivity index (χ0v) is 12.5. The number of carboxylic acids is 1. The van der Waals surface area contributed by atoms with Crippen LogP contribution in [-0.4, -0.2) is 16.0 Å². The van der Waals surface area contributed by atoms with Crippen molar-refractivity contribution in [2.24, 2.45) is 0 Å². The number of nitrogens with zero attached hydrogens (tertiary/aromatic N) is 1. The first-order valence-electron chi connectivity index (χ1n) is 7.17. The zero-order valence-electron chi connectivity index (χ0n) is 12.5. The van der Waals surface area contributed by atoms with E-state index in [1.807, 2.05) is 12.1 Å². The molecule has 0 aliphatic rings. The number of carboxylic acid groups (broad SMARTS) is 1. The van der Waals surface area contributed by atoms with E-state index in [1.165, 1.54) is 12.1 Å². The first-order chi connectivity index (χ1) is 11.6. The van der Waals surface area contributed by atoms with Crippen LogP contribution in [0.5, 0.6) is 5.75 Å². The monoisotopic (exact) mass is 323 g/mol. The van der Waals surface area contributed by atoms with Gasteiger partial charge >= 0.3 is 5.97 Å². The maximum Gasteiger partial charge on any atom is 0.340 e. The third kappa shape index (κ3) is 3.03. The largest absolute Gasteiger partial charge is 0.488 e. The van der Waals surface area contributed by atoms with Crippen molar-refractivity contribution in [1.29, 1.82) is 0 Å². The highest BCUT2D eigenvalue weighted by Crippen LogP contribution is 2.29. The Morgan fingerprint density at radius 3 is 2.42 bits per heavy atom. The third-order valence-electron chi connectivity index (χ3n) is 3.65. The average molecular weight is 323 g/mol. The Kier molecular flexibility index (Phi) is 4.11. The van der Waals surface area contributed by atoms with Crippen LogP contribution in [0.1, 0.15) is 15.9 Å². The standard InChI is InChI=1S/C18H13NO5/c20-18(21)17-15-4-2-1-3-13(15)7-10-16(17)24-11-12-5-8-14(9-6-12)19(22)23/h1-10H,11H2,(H,20,21). The molecule has 3 aromatic rings. The normalized spacial score (nSPS) is 10.5. The molecule has 0 radical (unpaired) electrons. The highest BCUT2D eigenvalue weighted by atomic mass is 16.6. The molecule has 0 atom stereocenters. The van der Waals surface area contributed by atoms with Gasteiger partial charge in [-0.05, 0) is 34.5 Å². The Balaban J connectivity index is 1.88. The van der Waals surface area contributed by atoms with Gasteiger partial charge in [-0.1, -0.05) is 30.3 Å². The van der Waals surface area contributed by atoms with Crippen molar-refractivity contribution in [3.05, 3.63) is 81.9 Å². The minimum Gasteiger partial charge on any atom is -0.488 e. The molecule has 0 saturated carbocycles. The number of fused-ring (bicyclic) bond motifs is 1. The Morgan fingerprint density at radius 2 is 1.75 bits per heavy atom. The lowest BCUT2D eigenvalue weighted by molar-refractivity contribution is -0.384. The molecule has 3 aromatic carbocycles. The summed E-state index contributed by atoms with van der Waals surface area (Å²) < 4.78 is 5.64. The van der Waals surface area contributed by atoms with Crippen molar-refractivity contribution in [3.8, 4) is 5.75 Å². The molecule has 24 heavy (non-hydrogen) atoms. The molecule has 0 fully saturated rings. The number of hydrogen-bond acceptors (Lipinski definition) is 4. The highest BCUT2D eigenvalue weighted by Gasteiger charge is 2.15. The second kappa shape index (κ2) is 6.37. The van der Waals surface area contributed by atoms with Crippen LogP contribution in [0.3, 0.4) is 0 Å². The first kappa shape index (κ1) is 15.5. The van der Waals surface area contributed by atoms with Gasteiger partial charge < -0.3 is 9.84 Å². The van der Waals surface area contributed by atoms with Crippen LogP contribution in [0.25, 0.3) is 10.8 Å². The molecular formula is C18H13NO5. The molecule has 1 N–H and O–H groups in total. The Morgan fingerprint density at radius 1 is 1.04 bits per heavy atom. The fraction of sp³-hybridized carbons (Fsp3) is 0.0556. The van der Waals surface area contributed by atoms with E-state index in [0.29, 0.717) is 10.9 Å². The van der Waals surface area contributed by atoms with E-state index in [0.717, 1.165) is 5.39 Å². The van der Waals surface area contributed by atoms with E-state index < -0.39 is 10.9 Å². The van der Waals surface area contributed by atoms with Crippen LogP contribution < -0.4 is 4.74 Å². The summed E-state index contributed by atoms with van der Waals surface area (Å²) in [5.74, 6) is -0.801. The lowest BCUT2D eigenvalue weighted by Crippen LogP contribution is -2.04. The number of rotatable bonds is 5. The topological polar surface area (TPSA) is 89.7 Å². The molecule has 0 heterocycles. The molecule has 3 rings (SSSR count). The Labute approximate surface area is 137 Å². The van der Waals surface area contributed by atoms with Crippen LogP contribution in [-0.2, 0) is 6.61 Å². The quantitative estimate of drug-likeness (QED) is 0.565. The zero-order chi connectivity index (χ0) is 17.1. The Bertz CT molecular complexity index is 918. The van der Waals surface area contributed by atoms with Crippen molar-refractivity contribution in [2.75, 3.05) is 0 Å². The van der Waals surface area contributed by atoms with Gasteiger partial charge in [0.05, 0.1) is 4.92 Å². The number of nitro benzene ring substituents is 1. The molecule has 0 bridgehead atoms. The summed E-state index contributed by atoms with van der Waals surface area (Å²) in [5, 5.41) is 21.6. The fourth-order valence-corrected chi connectivity index (χ4v) is 2.47. The van der Waals surface area contributed by atoms with Gasteiger partial charge in [0.1, 0.15) is 17.9 Å². The van der Waals surface area contributed by atoms with Gasteiger partial charge in [-0.15, -0.1) is 0 Å². The van der Waals surface area contributed by atoms with Gasteiger partial charge in [-0.3, -0.25) is 10.1 Å². The van der Waals surface area contributed by atoms with E-state index in [1.54, 1.807) is 36.4 Å². The van der Waals surface area contributed by atoms with Crippen LogP contribution in [0.4, 0.5) is 5.69 Å². The second-order valence-corrected chi connectivity index (χ2v) is 5.18. The molecule has 120 valence electrons.